The molecule has 1 aliphatic rings. The lowest BCUT2D eigenvalue weighted by molar-refractivity contribution is 0.167. The van der Waals surface area contributed by atoms with E-state index in [-0.39, 0.29) is 5.82 Å². The molecule has 2 rings (SSSR count). The fourth-order valence-electron chi connectivity index (χ4n) is 2.88. The fraction of sp³-hybridized carbons (Fsp3) is 0.611. The number of likely N-dealkylation sites (tertiary alicyclic amines) is 1. The molecular weight excluding hydrogens is 371 g/mol. The van der Waals surface area contributed by atoms with Crippen LogP contribution in [-0.4, -0.2) is 42.6 Å². The molecule has 0 atom stereocenters. The number of hydrogen-bond donors (Lipinski definition) is 2. The molecule has 1 fully saturated rings. The van der Waals surface area contributed by atoms with E-state index in [1.165, 1.54) is 6.07 Å². The van der Waals surface area contributed by atoms with Crippen LogP contribution in [0.3, 0.4) is 0 Å². The predicted octanol–water partition coefficient (Wildman–Crippen LogP) is 3.52. The second-order valence-electron chi connectivity index (χ2n) is 6.49. The van der Waals surface area contributed by atoms with Gasteiger partial charge < -0.3 is 15.5 Å². The average Bonchev–Trinajstić information content (AvgIpc) is 2.56. The van der Waals surface area contributed by atoms with E-state index in [4.69, 9.17) is 0 Å². The van der Waals surface area contributed by atoms with Crippen molar-refractivity contribution in [1.29, 1.82) is 0 Å². The number of aliphatic imine (C=N–C) groups is 1. The minimum absolute atomic E-state index is 0.248. The van der Waals surface area contributed by atoms with Crippen molar-refractivity contribution in [2.24, 2.45) is 4.99 Å². The van der Waals surface area contributed by atoms with E-state index in [0.717, 1.165) is 44.0 Å². The summed E-state index contributed by atoms with van der Waals surface area (Å²) >= 11 is 3.18. The lowest BCUT2D eigenvalue weighted by Gasteiger charge is -2.35. The topological polar surface area (TPSA) is 39.7 Å². The van der Waals surface area contributed by atoms with Crippen LogP contribution in [0.25, 0.3) is 0 Å². The van der Waals surface area contributed by atoms with Gasteiger partial charge in [-0.3, -0.25) is 0 Å². The molecule has 0 bridgehead atoms. The Morgan fingerprint density at radius 1 is 1.38 bits per heavy atom. The third-order valence-corrected chi connectivity index (χ3v) is 4.99. The SMILES string of the molecule is CCNC(=NCc1ccc(Br)c(F)c1)NC1CCN(C(C)C)CC1. The van der Waals surface area contributed by atoms with Gasteiger partial charge >= 0.3 is 0 Å². The largest absolute Gasteiger partial charge is 0.357 e. The Morgan fingerprint density at radius 3 is 2.67 bits per heavy atom. The molecule has 4 nitrogen and oxygen atoms in total. The van der Waals surface area contributed by atoms with Gasteiger partial charge in [0.2, 0.25) is 0 Å². The van der Waals surface area contributed by atoms with E-state index in [0.29, 0.717) is 23.1 Å². The number of nitrogens with one attached hydrogen (secondary N) is 2. The van der Waals surface area contributed by atoms with Gasteiger partial charge in [-0.2, -0.15) is 0 Å². The smallest absolute Gasteiger partial charge is 0.191 e. The molecule has 1 saturated heterocycles. The van der Waals surface area contributed by atoms with E-state index in [9.17, 15) is 4.39 Å². The summed E-state index contributed by atoms with van der Waals surface area (Å²) in [5.74, 6) is 0.561. The van der Waals surface area contributed by atoms with Crippen molar-refractivity contribution in [2.45, 2.75) is 52.2 Å². The number of hydrogen-bond acceptors (Lipinski definition) is 2. The van der Waals surface area contributed by atoms with Crippen LogP contribution in [0.5, 0.6) is 0 Å². The summed E-state index contributed by atoms with van der Waals surface area (Å²) in [5.41, 5.74) is 0.863. The van der Waals surface area contributed by atoms with E-state index >= 15 is 0 Å². The summed E-state index contributed by atoms with van der Waals surface area (Å²) in [6, 6.07) is 6.20. The molecule has 0 unspecified atom stereocenters. The van der Waals surface area contributed by atoms with Crippen LogP contribution in [0, 0.1) is 5.82 Å². The van der Waals surface area contributed by atoms with Gasteiger partial charge in [-0.05, 0) is 67.2 Å². The maximum absolute atomic E-state index is 13.6. The van der Waals surface area contributed by atoms with Crippen molar-refractivity contribution in [3.8, 4) is 0 Å². The fourth-order valence-corrected chi connectivity index (χ4v) is 3.13. The van der Waals surface area contributed by atoms with Gasteiger partial charge in [-0.15, -0.1) is 0 Å². The summed E-state index contributed by atoms with van der Waals surface area (Å²) in [7, 11) is 0. The summed E-state index contributed by atoms with van der Waals surface area (Å²) in [5, 5.41) is 6.80. The molecule has 0 aliphatic carbocycles. The lowest BCUT2D eigenvalue weighted by atomic mass is 10.0. The monoisotopic (exact) mass is 398 g/mol. The first-order chi connectivity index (χ1) is 11.5. The Bertz CT molecular complexity index is 554. The molecule has 0 amide bonds. The molecule has 2 N–H and O–H groups in total. The molecule has 1 aromatic carbocycles. The second kappa shape index (κ2) is 9.37. The van der Waals surface area contributed by atoms with Crippen LogP contribution >= 0.6 is 15.9 Å². The molecule has 1 aliphatic heterocycles. The maximum atomic E-state index is 13.6. The minimum Gasteiger partial charge on any atom is -0.357 e. The van der Waals surface area contributed by atoms with Gasteiger partial charge in [0.15, 0.2) is 5.96 Å². The Balaban J connectivity index is 1.92. The Labute approximate surface area is 153 Å². The Kier molecular flexibility index (Phi) is 7.49. The molecule has 0 radical (unpaired) electrons. The maximum Gasteiger partial charge on any atom is 0.191 e. The number of rotatable bonds is 5. The first-order valence-electron chi connectivity index (χ1n) is 8.72. The van der Waals surface area contributed by atoms with Gasteiger partial charge in [-0.25, -0.2) is 9.38 Å². The zero-order chi connectivity index (χ0) is 17.5. The van der Waals surface area contributed by atoms with Gasteiger partial charge in [0.1, 0.15) is 5.82 Å². The highest BCUT2D eigenvalue weighted by molar-refractivity contribution is 9.10. The normalized spacial score (nSPS) is 17.3. The average molecular weight is 399 g/mol. The van der Waals surface area contributed by atoms with Crippen molar-refractivity contribution in [1.82, 2.24) is 15.5 Å². The minimum atomic E-state index is -0.248. The van der Waals surface area contributed by atoms with Crippen LogP contribution < -0.4 is 10.6 Å². The van der Waals surface area contributed by atoms with Crippen molar-refractivity contribution in [3.05, 3.63) is 34.1 Å². The highest BCUT2D eigenvalue weighted by Crippen LogP contribution is 2.17. The molecule has 1 heterocycles. The zero-order valence-electron chi connectivity index (χ0n) is 14.8. The third-order valence-electron chi connectivity index (χ3n) is 4.35. The van der Waals surface area contributed by atoms with E-state index in [1.54, 1.807) is 6.07 Å². The predicted molar refractivity (Wildman–Crippen MR) is 102 cm³/mol. The quantitative estimate of drug-likeness (QED) is 0.588. The summed E-state index contributed by atoms with van der Waals surface area (Å²) in [6.07, 6.45) is 2.24. The third kappa shape index (κ3) is 5.74. The molecule has 0 spiro atoms. The van der Waals surface area contributed by atoms with Gasteiger partial charge in [-0.1, -0.05) is 6.07 Å². The Morgan fingerprint density at radius 2 is 2.08 bits per heavy atom. The number of nitrogens with zero attached hydrogens (tertiary/aromatic N) is 2. The van der Waals surface area contributed by atoms with Crippen LogP contribution in [0.4, 0.5) is 4.39 Å². The highest BCUT2D eigenvalue weighted by atomic mass is 79.9. The second-order valence-corrected chi connectivity index (χ2v) is 7.35. The van der Waals surface area contributed by atoms with Gasteiger partial charge in [0.05, 0.1) is 11.0 Å². The van der Waals surface area contributed by atoms with Crippen LogP contribution in [0.15, 0.2) is 27.7 Å². The van der Waals surface area contributed by atoms with E-state index < -0.39 is 0 Å². The van der Waals surface area contributed by atoms with Gasteiger partial charge in [0, 0.05) is 31.7 Å². The van der Waals surface area contributed by atoms with Crippen LogP contribution in [0.1, 0.15) is 39.2 Å². The standard InChI is InChI=1S/C18H28BrFN4/c1-4-21-18(22-12-14-5-6-16(19)17(20)11-14)23-15-7-9-24(10-8-15)13(2)3/h5-6,11,13,15H,4,7-10,12H2,1-3H3,(H2,21,22,23). The molecule has 24 heavy (non-hydrogen) atoms. The number of halogens is 2. The first kappa shape index (κ1) is 19.2. The number of piperidine rings is 1. The first-order valence-corrected chi connectivity index (χ1v) is 9.51. The summed E-state index contributed by atoms with van der Waals surface area (Å²) in [6.45, 7) is 10.1. The van der Waals surface area contributed by atoms with Crippen LogP contribution in [0.2, 0.25) is 0 Å². The van der Waals surface area contributed by atoms with Crippen molar-refractivity contribution in [2.75, 3.05) is 19.6 Å². The zero-order valence-corrected chi connectivity index (χ0v) is 16.4. The van der Waals surface area contributed by atoms with E-state index in [1.807, 2.05) is 6.07 Å². The van der Waals surface area contributed by atoms with Crippen molar-refractivity contribution < 1.29 is 4.39 Å². The molecule has 134 valence electrons. The van der Waals surface area contributed by atoms with E-state index in [2.05, 4.69) is 57.2 Å². The van der Waals surface area contributed by atoms with Gasteiger partial charge in [0.25, 0.3) is 0 Å². The molecule has 0 saturated carbocycles. The number of benzene rings is 1. The lowest BCUT2D eigenvalue weighted by Crippen LogP contribution is -2.49. The van der Waals surface area contributed by atoms with Crippen molar-refractivity contribution in [3.63, 3.8) is 0 Å². The van der Waals surface area contributed by atoms with Crippen molar-refractivity contribution >= 4 is 21.9 Å². The highest BCUT2D eigenvalue weighted by Gasteiger charge is 2.21. The molecule has 1 aromatic rings. The Hall–Kier alpha value is -1.14. The molecule has 6 heteroatoms. The summed E-state index contributed by atoms with van der Waals surface area (Å²) in [4.78, 5) is 7.11. The van der Waals surface area contributed by atoms with Crippen LogP contribution in [-0.2, 0) is 6.54 Å². The molecule has 0 aromatic heterocycles. The molecular formula is C18H28BrFN4. The number of guanidine groups is 1. The summed E-state index contributed by atoms with van der Waals surface area (Å²) < 4.78 is 14.1.